The molecule has 3 heterocycles. The molecule has 0 aliphatic carbocycles. The topological polar surface area (TPSA) is 77.3 Å². The molecule has 0 aromatic carbocycles. The molecule has 136 valence electrons. The van der Waals surface area contributed by atoms with Crippen LogP contribution >= 0.6 is 11.6 Å². The van der Waals surface area contributed by atoms with Gasteiger partial charge in [0.1, 0.15) is 16.9 Å². The van der Waals surface area contributed by atoms with Crippen molar-refractivity contribution in [1.29, 1.82) is 0 Å². The van der Waals surface area contributed by atoms with E-state index in [0.29, 0.717) is 36.7 Å². The summed E-state index contributed by atoms with van der Waals surface area (Å²) in [5, 5.41) is 0.550. The van der Waals surface area contributed by atoms with E-state index in [2.05, 4.69) is 9.97 Å². The van der Waals surface area contributed by atoms with E-state index >= 15 is 0 Å². The van der Waals surface area contributed by atoms with Crippen molar-refractivity contribution in [2.45, 2.75) is 43.9 Å². The Balaban J connectivity index is 1.64. The molecule has 0 saturated carbocycles. The largest absolute Gasteiger partial charge is 0.489 e. The highest BCUT2D eigenvalue weighted by atomic mass is 35.5. The zero-order valence-corrected chi connectivity index (χ0v) is 15.7. The van der Waals surface area contributed by atoms with Crippen molar-refractivity contribution in [3.05, 3.63) is 36.0 Å². The second-order valence-corrected chi connectivity index (χ2v) is 8.57. The molecule has 1 aliphatic heterocycles. The van der Waals surface area contributed by atoms with E-state index in [9.17, 15) is 8.42 Å². The highest BCUT2D eigenvalue weighted by Gasteiger charge is 2.32. The monoisotopic (exact) mass is 384 g/mol. The lowest BCUT2D eigenvalue weighted by Gasteiger charge is -2.31. The molecule has 1 saturated heterocycles. The number of pyridine rings is 1. The summed E-state index contributed by atoms with van der Waals surface area (Å²) in [7, 11) is -3.57. The number of aromatic nitrogens is 3. The zero-order chi connectivity index (χ0) is 18.0. The predicted octanol–water partition coefficient (Wildman–Crippen LogP) is 2.74. The fraction of sp³-hybridized carbons (Fsp3) is 0.500. The van der Waals surface area contributed by atoms with Gasteiger partial charge in [-0.1, -0.05) is 11.6 Å². The molecular weight excluding hydrogens is 364 g/mol. The van der Waals surface area contributed by atoms with Gasteiger partial charge in [-0.15, -0.1) is 0 Å². The number of piperidine rings is 1. The molecule has 0 radical (unpaired) electrons. The standard InChI is InChI=1S/C16H21ClN4O3S/c1-12(2)20-10-16(19-11-20)25(22,23)21-7-4-13(5-8-21)24-15-3-6-18-9-14(15)17/h3,6,9-13H,4-5,7-8H2,1-2H3. The molecule has 25 heavy (non-hydrogen) atoms. The second kappa shape index (κ2) is 7.31. The molecule has 0 N–H and O–H groups in total. The molecule has 0 amide bonds. The third kappa shape index (κ3) is 3.96. The summed E-state index contributed by atoms with van der Waals surface area (Å²) in [4.78, 5) is 7.98. The van der Waals surface area contributed by atoms with Gasteiger partial charge in [0.15, 0.2) is 5.03 Å². The van der Waals surface area contributed by atoms with Gasteiger partial charge in [-0.05, 0) is 26.7 Å². The number of halogens is 1. The van der Waals surface area contributed by atoms with Gasteiger partial charge in [0.2, 0.25) is 0 Å². The minimum absolute atomic E-state index is 0.0698. The lowest BCUT2D eigenvalue weighted by molar-refractivity contribution is 0.135. The SMILES string of the molecule is CC(C)n1cnc(S(=O)(=O)N2CCC(Oc3ccncc3Cl)CC2)c1. The molecule has 0 unspecified atom stereocenters. The summed E-state index contributed by atoms with van der Waals surface area (Å²) < 4.78 is 34.6. The van der Waals surface area contributed by atoms with E-state index in [0.717, 1.165) is 0 Å². The van der Waals surface area contributed by atoms with Crippen LogP contribution in [0.5, 0.6) is 5.75 Å². The van der Waals surface area contributed by atoms with Crippen molar-refractivity contribution < 1.29 is 13.2 Å². The summed E-state index contributed by atoms with van der Waals surface area (Å²) in [6.07, 6.45) is 7.41. The van der Waals surface area contributed by atoms with Crippen LogP contribution in [-0.4, -0.2) is 46.5 Å². The molecular formula is C16H21ClN4O3S. The molecule has 1 fully saturated rings. The van der Waals surface area contributed by atoms with Gasteiger partial charge >= 0.3 is 0 Å². The summed E-state index contributed by atoms with van der Waals surface area (Å²) >= 11 is 6.05. The molecule has 3 rings (SSSR count). The predicted molar refractivity (Wildman–Crippen MR) is 94.3 cm³/mol. The minimum Gasteiger partial charge on any atom is -0.489 e. The lowest BCUT2D eigenvalue weighted by Crippen LogP contribution is -2.41. The smallest absolute Gasteiger partial charge is 0.262 e. The van der Waals surface area contributed by atoms with E-state index in [1.165, 1.54) is 10.5 Å². The van der Waals surface area contributed by atoms with Crippen LogP contribution in [0.2, 0.25) is 5.02 Å². The van der Waals surface area contributed by atoms with Crippen molar-refractivity contribution in [2.75, 3.05) is 13.1 Å². The Bertz CT molecular complexity index is 829. The summed E-state index contributed by atoms with van der Waals surface area (Å²) in [5.41, 5.74) is 0. The van der Waals surface area contributed by atoms with Crippen LogP contribution < -0.4 is 4.74 Å². The third-order valence-corrected chi connectivity index (χ3v) is 6.28. The number of nitrogens with zero attached hydrogens (tertiary/aromatic N) is 4. The fourth-order valence-electron chi connectivity index (χ4n) is 2.69. The molecule has 1 aliphatic rings. The number of imidazole rings is 1. The average molecular weight is 385 g/mol. The fourth-order valence-corrected chi connectivity index (χ4v) is 4.25. The third-order valence-electron chi connectivity index (χ3n) is 4.21. The average Bonchev–Trinajstić information content (AvgIpc) is 3.09. The number of ether oxygens (including phenoxy) is 1. The van der Waals surface area contributed by atoms with Crippen LogP contribution in [0.3, 0.4) is 0 Å². The molecule has 0 bridgehead atoms. The van der Waals surface area contributed by atoms with Crippen molar-refractivity contribution in [1.82, 2.24) is 18.8 Å². The molecule has 2 aromatic rings. The number of hydrogen-bond donors (Lipinski definition) is 0. The van der Waals surface area contributed by atoms with Crippen LogP contribution in [0.15, 0.2) is 36.0 Å². The van der Waals surface area contributed by atoms with Gasteiger partial charge < -0.3 is 9.30 Å². The molecule has 2 aromatic heterocycles. The van der Waals surface area contributed by atoms with Gasteiger partial charge in [-0.2, -0.15) is 4.31 Å². The van der Waals surface area contributed by atoms with Gasteiger partial charge in [0.05, 0.1) is 6.33 Å². The van der Waals surface area contributed by atoms with Crippen molar-refractivity contribution >= 4 is 21.6 Å². The lowest BCUT2D eigenvalue weighted by atomic mass is 10.1. The van der Waals surface area contributed by atoms with E-state index in [1.54, 1.807) is 29.4 Å². The first-order valence-electron chi connectivity index (χ1n) is 8.17. The molecule has 0 atom stereocenters. The Morgan fingerprint density at radius 1 is 1.32 bits per heavy atom. The first-order valence-corrected chi connectivity index (χ1v) is 9.99. The Hall–Kier alpha value is -1.64. The summed E-state index contributed by atoms with van der Waals surface area (Å²) in [6.45, 7) is 4.74. The number of hydrogen-bond acceptors (Lipinski definition) is 5. The van der Waals surface area contributed by atoms with Gasteiger partial charge in [0.25, 0.3) is 10.0 Å². The summed E-state index contributed by atoms with van der Waals surface area (Å²) in [6, 6.07) is 1.88. The van der Waals surface area contributed by atoms with Crippen LogP contribution in [0.25, 0.3) is 0 Å². The van der Waals surface area contributed by atoms with Crippen molar-refractivity contribution in [3.8, 4) is 5.75 Å². The van der Waals surface area contributed by atoms with Gasteiger partial charge in [0, 0.05) is 43.8 Å². The van der Waals surface area contributed by atoms with Crippen LogP contribution in [0.4, 0.5) is 0 Å². The Kier molecular flexibility index (Phi) is 5.31. The maximum atomic E-state index is 12.7. The van der Waals surface area contributed by atoms with E-state index in [-0.39, 0.29) is 17.2 Å². The Morgan fingerprint density at radius 3 is 2.64 bits per heavy atom. The van der Waals surface area contributed by atoms with Gasteiger partial charge in [-0.3, -0.25) is 4.98 Å². The molecule has 7 nitrogen and oxygen atoms in total. The highest BCUT2D eigenvalue weighted by Crippen LogP contribution is 2.27. The minimum atomic E-state index is -3.57. The zero-order valence-electron chi connectivity index (χ0n) is 14.2. The van der Waals surface area contributed by atoms with Gasteiger partial charge in [-0.25, -0.2) is 13.4 Å². The number of rotatable bonds is 5. The number of sulfonamides is 1. The quantitative estimate of drug-likeness (QED) is 0.792. The molecule has 0 spiro atoms. The first kappa shape index (κ1) is 18.2. The van der Waals surface area contributed by atoms with E-state index in [4.69, 9.17) is 16.3 Å². The maximum Gasteiger partial charge on any atom is 0.262 e. The van der Waals surface area contributed by atoms with Crippen molar-refractivity contribution in [3.63, 3.8) is 0 Å². The maximum absolute atomic E-state index is 12.7. The second-order valence-electron chi connectivity index (χ2n) is 6.28. The van der Waals surface area contributed by atoms with E-state index < -0.39 is 10.0 Å². The Morgan fingerprint density at radius 2 is 2.04 bits per heavy atom. The van der Waals surface area contributed by atoms with E-state index in [1.807, 2.05) is 13.8 Å². The van der Waals surface area contributed by atoms with Crippen LogP contribution in [0, 0.1) is 0 Å². The van der Waals surface area contributed by atoms with Crippen molar-refractivity contribution in [2.24, 2.45) is 0 Å². The summed E-state index contributed by atoms with van der Waals surface area (Å²) in [5.74, 6) is 0.577. The molecule has 9 heteroatoms. The Labute approximate surface area is 152 Å². The van der Waals surface area contributed by atoms with Crippen LogP contribution in [-0.2, 0) is 10.0 Å². The normalized spacial score (nSPS) is 17.1. The highest BCUT2D eigenvalue weighted by molar-refractivity contribution is 7.89. The first-order chi connectivity index (χ1) is 11.9. The van der Waals surface area contributed by atoms with Crippen LogP contribution in [0.1, 0.15) is 32.7 Å².